The number of nitrogens with one attached hydrogen (secondary N) is 1. The zero-order valence-corrected chi connectivity index (χ0v) is 19.5. The number of ether oxygens (including phenoxy) is 2. The molecular formula is C27H30N2O6. The Morgan fingerprint density at radius 1 is 1.00 bits per heavy atom. The Kier molecular flexibility index (Phi) is 6.72. The van der Waals surface area contributed by atoms with Gasteiger partial charge in [0.2, 0.25) is 0 Å². The van der Waals surface area contributed by atoms with E-state index in [0.717, 1.165) is 35.1 Å². The van der Waals surface area contributed by atoms with Crippen molar-refractivity contribution in [3.05, 3.63) is 59.7 Å². The summed E-state index contributed by atoms with van der Waals surface area (Å²) in [6.07, 6.45) is 1.40. The van der Waals surface area contributed by atoms with E-state index in [9.17, 15) is 19.5 Å². The average Bonchev–Trinajstić information content (AvgIpc) is 3.45. The second kappa shape index (κ2) is 10.1. The molecule has 2 saturated heterocycles. The predicted molar refractivity (Wildman–Crippen MR) is 128 cm³/mol. The number of aliphatic carboxylic acids is 1. The summed E-state index contributed by atoms with van der Waals surface area (Å²) >= 11 is 0. The number of carbonyl (C=O) groups excluding carboxylic acids is 2. The van der Waals surface area contributed by atoms with E-state index in [4.69, 9.17) is 9.47 Å². The first-order chi connectivity index (χ1) is 17.0. The smallest absolute Gasteiger partial charge is 0.407 e. The lowest BCUT2D eigenvalue weighted by molar-refractivity contribution is -0.148. The fraction of sp³-hybridized carbons (Fsp3) is 0.444. The highest BCUT2D eigenvalue weighted by molar-refractivity contribution is 5.84. The number of carboxylic acid groups (broad SMARTS) is 1. The summed E-state index contributed by atoms with van der Waals surface area (Å²) in [5, 5.41) is 12.1. The summed E-state index contributed by atoms with van der Waals surface area (Å²) in [4.78, 5) is 38.9. The van der Waals surface area contributed by atoms with Crippen LogP contribution in [0.2, 0.25) is 0 Å². The van der Waals surface area contributed by atoms with Gasteiger partial charge in [0.15, 0.2) is 6.10 Å². The number of fused-ring (bicyclic) bond motifs is 3. The highest BCUT2D eigenvalue weighted by atomic mass is 16.6. The van der Waals surface area contributed by atoms with E-state index in [1.807, 2.05) is 24.3 Å². The number of piperidine rings is 1. The average molecular weight is 479 g/mol. The number of hydrogen-bond donors (Lipinski definition) is 2. The lowest BCUT2D eigenvalue weighted by atomic mass is 9.97. The van der Waals surface area contributed by atoms with Gasteiger partial charge in [0.1, 0.15) is 6.61 Å². The summed E-state index contributed by atoms with van der Waals surface area (Å²) < 4.78 is 11.3. The fourth-order valence-corrected chi connectivity index (χ4v) is 5.64. The molecule has 0 saturated carbocycles. The molecule has 2 aliphatic heterocycles. The monoisotopic (exact) mass is 478 g/mol. The first kappa shape index (κ1) is 23.4. The molecule has 2 aromatic rings. The molecule has 5 rings (SSSR count). The molecule has 2 aromatic carbocycles. The van der Waals surface area contributed by atoms with Gasteiger partial charge in [0.05, 0.1) is 12.5 Å². The number of carboxylic acids is 1. The molecular weight excluding hydrogens is 448 g/mol. The molecule has 0 aromatic heterocycles. The summed E-state index contributed by atoms with van der Waals surface area (Å²) in [7, 11) is 0. The van der Waals surface area contributed by atoms with Gasteiger partial charge >= 0.3 is 12.1 Å². The second-order valence-corrected chi connectivity index (χ2v) is 9.44. The van der Waals surface area contributed by atoms with Gasteiger partial charge in [-0.2, -0.15) is 0 Å². The molecule has 2 heterocycles. The molecule has 2 fully saturated rings. The zero-order chi connectivity index (χ0) is 24.4. The van der Waals surface area contributed by atoms with E-state index in [1.165, 1.54) is 0 Å². The maximum Gasteiger partial charge on any atom is 0.407 e. The largest absolute Gasteiger partial charge is 0.481 e. The van der Waals surface area contributed by atoms with Crippen LogP contribution in [0.5, 0.6) is 0 Å². The zero-order valence-electron chi connectivity index (χ0n) is 19.5. The minimum atomic E-state index is -0.921. The van der Waals surface area contributed by atoms with Gasteiger partial charge in [-0.1, -0.05) is 48.5 Å². The molecule has 0 unspecified atom stereocenters. The van der Waals surface area contributed by atoms with Gasteiger partial charge in [-0.3, -0.25) is 9.59 Å². The van der Waals surface area contributed by atoms with Crippen molar-refractivity contribution in [3.63, 3.8) is 0 Å². The van der Waals surface area contributed by atoms with Crippen LogP contribution in [0.15, 0.2) is 48.5 Å². The minimum Gasteiger partial charge on any atom is -0.481 e. The highest BCUT2D eigenvalue weighted by Crippen LogP contribution is 2.44. The Hall–Kier alpha value is -3.39. The molecule has 8 heteroatoms. The SMILES string of the molecule is O=C(O)C[C@H]1CCCCN1C(=O)[C@H]1OCC[C@H]1NC(=O)OCC1c2ccccc2-c2ccccc21. The van der Waals surface area contributed by atoms with Crippen molar-refractivity contribution >= 4 is 18.0 Å². The molecule has 2 N–H and O–H groups in total. The van der Waals surface area contributed by atoms with Gasteiger partial charge in [-0.25, -0.2) is 4.79 Å². The topological polar surface area (TPSA) is 105 Å². The van der Waals surface area contributed by atoms with Crippen LogP contribution < -0.4 is 5.32 Å². The summed E-state index contributed by atoms with van der Waals surface area (Å²) in [5.74, 6) is -1.22. The number of hydrogen-bond acceptors (Lipinski definition) is 5. The molecule has 1 aliphatic carbocycles. The summed E-state index contributed by atoms with van der Waals surface area (Å²) in [6.45, 7) is 1.05. The van der Waals surface area contributed by atoms with Gasteiger partial charge in [0.25, 0.3) is 5.91 Å². The van der Waals surface area contributed by atoms with E-state index in [1.54, 1.807) is 4.90 Å². The third-order valence-corrected chi connectivity index (χ3v) is 7.30. The predicted octanol–water partition coefficient (Wildman–Crippen LogP) is 3.54. The van der Waals surface area contributed by atoms with E-state index in [-0.39, 0.29) is 30.9 Å². The Bertz CT molecular complexity index is 1070. The van der Waals surface area contributed by atoms with E-state index >= 15 is 0 Å². The van der Waals surface area contributed by atoms with Crippen LogP contribution in [0.3, 0.4) is 0 Å². The first-order valence-electron chi connectivity index (χ1n) is 12.3. The van der Waals surface area contributed by atoms with Gasteiger partial charge in [0, 0.05) is 25.1 Å². The van der Waals surface area contributed by atoms with Crippen molar-refractivity contribution in [3.8, 4) is 11.1 Å². The maximum absolute atomic E-state index is 13.2. The summed E-state index contributed by atoms with van der Waals surface area (Å²) in [6, 6.07) is 15.4. The number of amides is 2. The van der Waals surface area contributed by atoms with Crippen LogP contribution in [0, 0.1) is 0 Å². The summed E-state index contributed by atoms with van der Waals surface area (Å²) in [5.41, 5.74) is 4.58. The lowest BCUT2D eigenvalue weighted by Gasteiger charge is -2.37. The fourth-order valence-electron chi connectivity index (χ4n) is 5.64. The van der Waals surface area contributed by atoms with Gasteiger partial charge in [-0.15, -0.1) is 0 Å². The van der Waals surface area contributed by atoms with Crippen LogP contribution >= 0.6 is 0 Å². The van der Waals surface area contributed by atoms with Crippen molar-refractivity contribution in [2.75, 3.05) is 19.8 Å². The molecule has 35 heavy (non-hydrogen) atoms. The highest BCUT2D eigenvalue weighted by Gasteiger charge is 2.41. The van der Waals surface area contributed by atoms with Crippen LogP contribution in [-0.4, -0.2) is 65.9 Å². The quantitative estimate of drug-likeness (QED) is 0.658. The van der Waals surface area contributed by atoms with Crippen molar-refractivity contribution in [2.24, 2.45) is 0 Å². The molecule has 3 aliphatic rings. The van der Waals surface area contributed by atoms with Crippen molar-refractivity contribution in [1.29, 1.82) is 0 Å². The minimum absolute atomic E-state index is 0.0458. The molecule has 2 amide bonds. The number of nitrogens with zero attached hydrogens (tertiary/aromatic N) is 1. The number of carbonyl (C=O) groups is 3. The molecule has 3 atom stereocenters. The van der Waals surface area contributed by atoms with Crippen molar-refractivity contribution in [2.45, 2.75) is 56.2 Å². The number of alkyl carbamates (subject to hydrolysis) is 1. The molecule has 0 radical (unpaired) electrons. The van der Waals surface area contributed by atoms with Crippen LogP contribution in [0.4, 0.5) is 4.79 Å². The standard InChI is InChI=1S/C27H30N2O6/c30-24(31)15-17-7-5-6-13-29(17)26(32)25-23(12-14-34-25)28-27(33)35-16-22-20-10-3-1-8-18(20)19-9-2-4-11-21(19)22/h1-4,8-11,17,22-23,25H,5-7,12-16H2,(H,28,33)(H,30,31)/t17-,23-,25+/m1/s1. The molecule has 0 spiro atoms. The van der Waals surface area contributed by atoms with Crippen LogP contribution in [0.1, 0.15) is 49.1 Å². The Balaban J connectivity index is 1.22. The number of benzene rings is 2. The van der Waals surface area contributed by atoms with Gasteiger partial charge in [-0.05, 0) is 47.9 Å². The Morgan fingerprint density at radius 2 is 1.69 bits per heavy atom. The first-order valence-corrected chi connectivity index (χ1v) is 12.3. The van der Waals surface area contributed by atoms with Crippen molar-refractivity contribution < 1.29 is 29.0 Å². The number of rotatable bonds is 6. The lowest BCUT2D eigenvalue weighted by Crippen LogP contribution is -2.54. The van der Waals surface area contributed by atoms with Crippen LogP contribution in [-0.2, 0) is 19.1 Å². The number of likely N-dealkylation sites (tertiary alicyclic amines) is 1. The second-order valence-electron chi connectivity index (χ2n) is 9.44. The van der Waals surface area contributed by atoms with Crippen molar-refractivity contribution in [1.82, 2.24) is 10.2 Å². The Labute approximate surface area is 204 Å². The molecule has 184 valence electrons. The third-order valence-electron chi connectivity index (χ3n) is 7.30. The normalized spacial score (nSPS) is 23.4. The van der Waals surface area contributed by atoms with E-state index in [0.29, 0.717) is 26.0 Å². The van der Waals surface area contributed by atoms with E-state index in [2.05, 4.69) is 29.6 Å². The van der Waals surface area contributed by atoms with Crippen LogP contribution in [0.25, 0.3) is 11.1 Å². The third kappa shape index (κ3) is 4.75. The van der Waals surface area contributed by atoms with Gasteiger partial charge < -0.3 is 24.8 Å². The molecule has 0 bridgehead atoms. The Morgan fingerprint density at radius 3 is 2.37 bits per heavy atom. The molecule has 8 nitrogen and oxygen atoms in total. The van der Waals surface area contributed by atoms with E-state index < -0.39 is 24.2 Å². The maximum atomic E-state index is 13.2.